The highest BCUT2D eigenvalue weighted by Gasteiger charge is 2.25. The lowest BCUT2D eigenvalue weighted by molar-refractivity contribution is 0.0714. The Bertz CT molecular complexity index is 1300. The predicted octanol–water partition coefficient (Wildman–Crippen LogP) is 3.63. The molecule has 1 aliphatic rings. The number of nitrogens with zero attached hydrogens (tertiary/aromatic N) is 4. The summed E-state index contributed by atoms with van der Waals surface area (Å²) >= 11 is 0. The van der Waals surface area contributed by atoms with Crippen LogP contribution in [-0.2, 0) is 6.54 Å². The molecule has 1 fully saturated rings. The molecule has 0 unspecified atom stereocenters. The van der Waals surface area contributed by atoms with E-state index in [0.717, 1.165) is 43.5 Å². The SMILES string of the molecule is Cc1cccn2c(=O)c3cc(C(=O)N4CCCCC4)n(Cc4ccccc4)c3nc12. The average Bonchev–Trinajstić information content (AvgIpc) is 3.14. The summed E-state index contributed by atoms with van der Waals surface area (Å²) in [5.74, 6) is -0.0196. The summed E-state index contributed by atoms with van der Waals surface area (Å²) < 4.78 is 3.48. The fourth-order valence-corrected chi connectivity index (χ4v) is 4.32. The third-order valence-corrected chi connectivity index (χ3v) is 5.94. The Kier molecular flexibility index (Phi) is 4.62. The van der Waals surface area contributed by atoms with E-state index in [-0.39, 0.29) is 11.5 Å². The van der Waals surface area contributed by atoms with Gasteiger partial charge >= 0.3 is 0 Å². The molecule has 0 aliphatic carbocycles. The number of fused-ring (bicyclic) bond motifs is 2. The van der Waals surface area contributed by atoms with Gasteiger partial charge in [-0.15, -0.1) is 0 Å². The molecule has 4 aromatic rings. The minimum absolute atomic E-state index is 0.0196. The van der Waals surface area contributed by atoms with Gasteiger partial charge in [-0.25, -0.2) is 4.98 Å². The number of piperidine rings is 1. The first-order chi connectivity index (χ1) is 14.6. The van der Waals surface area contributed by atoms with Crippen molar-refractivity contribution < 1.29 is 4.79 Å². The number of aromatic nitrogens is 3. The van der Waals surface area contributed by atoms with Crippen LogP contribution >= 0.6 is 0 Å². The summed E-state index contributed by atoms with van der Waals surface area (Å²) in [5, 5.41) is 0.481. The van der Waals surface area contributed by atoms with E-state index in [9.17, 15) is 9.59 Å². The summed E-state index contributed by atoms with van der Waals surface area (Å²) in [6.07, 6.45) is 4.94. The highest BCUT2D eigenvalue weighted by Crippen LogP contribution is 2.22. The van der Waals surface area contributed by atoms with Gasteiger partial charge in [0.25, 0.3) is 11.5 Å². The zero-order valence-electron chi connectivity index (χ0n) is 17.0. The molecule has 0 spiro atoms. The highest BCUT2D eigenvalue weighted by molar-refractivity contribution is 5.98. The molecular formula is C24H24N4O2. The molecule has 0 N–H and O–H groups in total. The predicted molar refractivity (Wildman–Crippen MR) is 117 cm³/mol. The number of carbonyl (C=O) groups excluding carboxylic acids is 1. The third-order valence-electron chi connectivity index (χ3n) is 5.94. The van der Waals surface area contributed by atoms with Crippen molar-refractivity contribution in [2.75, 3.05) is 13.1 Å². The summed E-state index contributed by atoms with van der Waals surface area (Å²) in [4.78, 5) is 33.4. The van der Waals surface area contributed by atoms with Gasteiger partial charge in [0, 0.05) is 25.8 Å². The van der Waals surface area contributed by atoms with E-state index in [1.165, 1.54) is 0 Å². The molecule has 5 rings (SSSR count). The van der Waals surface area contributed by atoms with Gasteiger partial charge in [0.15, 0.2) is 0 Å². The van der Waals surface area contributed by atoms with Crippen LogP contribution in [0.4, 0.5) is 0 Å². The number of hydrogen-bond donors (Lipinski definition) is 0. The maximum atomic E-state index is 13.4. The number of rotatable bonds is 3. The maximum Gasteiger partial charge on any atom is 0.270 e. The Balaban J connectivity index is 1.75. The molecule has 0 atom stereocenters. The van der Waals surface area contributed by atoms with E-state index in [1.54, 1.807) is 16.7 Å². The summed E-state index contributed by atoms with van der Waals surface area (Å²) in [6.45, 7) is 3.96. The van der Waals surface area contributed by atoms with Gasteiger partial charge in [0.2, 0.25) is 0 Å². The fourth-order valence-electron chi connectivity index (χ4n) is 4.32. The van der Waals surface area contributed by atoms with E-state index in [2.05, 4.69) is 0 Å². The topological polar surface area (TPSA) is 59.6 Å². The summed E-state index contributed by atoms with van der Waals surface area (Å²) in [6, 6.07) is 15.5. The largest absolute Gasteiger partial charge is 0.337 e. The summed E-state index contributed by atoms with van der Waals surface area (Å²) in [7, 11) is 0. The number of aryl methyl sites for hydroxylation is 1. The van der Waals surface area contributed by atoms with E-state index in [4.69, 9.17) is 4.98 Å². The van der Waals surface area contributed by atoms with Crippen molar-refractivity contribution in [1.82, 2.24) is 18.9 Å². The van der Waals surface area contributed by atoms with Crippen LogP contribution in [0.25, 0.3) is 16.7 Å². The first-order valence-electron chi connectivity index (χ1n) is 10.5. The van der Waals surface area contributed by atoms with Crippen molar-refractivity contribution in [2.24, 2.45) is 0 Å². The number of carbonyl (C=O) groups is 1. The number of pyridine rings is 1. The number of amides is 1. The minimum Gasteiger partial charge on any atom is -0.337 e. The van der Waals surface area contributed by atoms with Crippen LogP contribution in [0.2, 0.25) is 0 Å². The fraction of sp³-hybridized carbons (Fsp3) is 0.292. The first-order valence-corrected chi connectivity index (χ1v) is 10.5. The van der Waals surface area contributed by atoms with Crippen LogP contribution in [0.1, 0.15) is 40.9 Å². The molecule has 3 aromatic heterocycles. The zero-order valence-corrected chi connectivity index (χ0v) is 17.0. The van der Waals surface area contributed by atoms with Gasteiger partial charge in [0.1, 0.15) is 17.0 Å². The number of hydrogen-bond acceptors (Lipinski definition) is 3. The van der Waals surface area contributed by atoms with Crippen molar-refractivity contribution in [3.05, 3.63) is 81.9 Å². The highest BCUT2D eigenvalue weighted by atomic mass is 16.2. The molecule has 0 bridgehead atoms. The van der Waals surface area contributed by atoms with Gasteiger partial charge in [-0.3, -0.25) is 14.0 Å². The second-order valence-corrected chi connectivity index (χ2v) is 7.99. The standard InChI is InChI=1S/C24H24N4O2/c1-17-9-8-14-27-21(17)25-22-19(23(27)29)15-20(24(30)26-12-6-3-7-13-26)28(22)16-18-10-4-2-5-11-18/h2,4-5,8-11,14-15H,3,6-7,12-13,16H2,1H3. The van der Waals surface area contributed by atoms with Gasteiger partial charge < -0.3 is 9.47 Å². The van der Waals surface area contributed by atoms with E-state index in [1.807, 2.05) is 58.9 Å². The molecular weight excluding hydrogens is 376 g/mol. The van der Waals surface area contributed by atoms with Gasteiger partial charge in [-0.05, 0) is 49.4 Å². The maximum absolute atomic E-state index is 13.4. The average molecular weight is 400 g/mol. The Hall–Kier alpha value is -3.41. The number of likely N-dealkylation sites (tertiary alicyclic amines) is 1. The monoisotopic (exact) mass is 400 g/mol. The Morgan fingerprint density at radius 3 is 2.53 bits per heavy atom. The lowest BCUT2D eigenvalue weighted by Gasteiger charge is -2.27. The zero-order chi connectivity index (χ0) is 20.7. The molecule has 1 saturated heterocycles. The molecule has 152 valence electrons. The van der Waals surface area contributed by atoms with Crippen molar-refractivity contribution >= 4 is 22.6 Å². The molecule has 6 nitrogen and oxygen atoms in total. The molecule has 30 heavy (non-hydrogen) atoms. The Morgan fingerprint density at radius 2 is 1.77 bits per heavy atom. The van der Waals surface area contributed by atoms with Crippen molar-refractivity contribution in [3.8, 4) is 0 Å². The number of benzene rings is 1. The Morgan fingerprint density at radius 1 is 1.00 bits per heavy atom. The Labute approximate surface area is 174 Å². The van der Waals surface area contributed by atoms with Crippen LogP contribution in [-0.4, -0.2) is 37.8 Å². The normalized spacial score (nSPS) is 14.5. The van der Waals surface area contributed by atoms with Crippen LogP contribution in [0, 0.1) is 6.92 Å². The van der Waals surface area contributed by atoms with Crippen LogP contribution in [0.3, 0.4) is 0 Å². The molecule has 6 heteroatoms. The van der Waals surface area contributed by atoms with Gasteiger partial charge in [-0.1, -0.05) is 36.4 Å². The second-order valence-electron chi connectivity index (χ2n) is 7.99. The molecule has 1 amide bonds. The van der Waals surface area contributed by atoms with Crippen LogP contribution in [0.15, 0.2) is 59.5 Å². The van der Waals surface area contributed by atoms with Gasteiger partial charge in [-0.2, -0.15) is 0 Å². The molecule has 1 aliphatic heterocycles. The molecule has 4 heterocycles. The lowest BCUT2D eigenvalue weighted by atomic mass is 10.1. The van der Waals surface area contributed by atoms with E-state index in [0.29, 0.717) is 28.9 Å². The molecule has 0 saturated carbocycles. The third kappa shape index (κ3) is 3.09. The van der Waals surface area contributed by atoms with Gasteiger partial charge in [0.05, 0.1) is 5.39 Å². The molecule has 1 aromatic carbocycles. The molecule has 0 radical (unpaired) electrons. The lowest BCUT2D eigenvalue weighted by Crippen LogP contribution is -2.36. The van der Waals surface area contributed by atoms with Crippen LogP contribution in [0.5, 0.6) is 0 Å². The quantitative estimate of drug-likeness (QED) is 0.528. The first kappa shape index (κ1) is 18.6. The summed E-state index contributed by atoms with van der Waals surface area (Å²) in [5.41, 5.74) is 3.58. The van der Waals surface area contributed by atoms with Crippen molar-refractivity contribution in [1.29, 1.82) is 0 Å². The smallest absolute Gasteiger partial charge is 0.270 e. The second kappa shape index (κ2) is 7.44. The van der Waals surface area contributed by atoms with E-state index >= 15 is 0 Å². The van der Waals surface area contributed by atoms with Crippen molar-refractivity contribution in [2.45, 2.75) is 32.7 Å². The van der Waals surface area contributed by atoms with Crippen LogP contribution < -0.4 is 5.56 Å². The van der Waals surface area contributed by atoms with Crippen molar-refractivity contribution in [3.63, 3.8) is 0 Å². The van der Waals surface area contributed by atoms with E-state index < -0.39 is 0 Å². The minimum atomic E-state index is -0.141.